The van der Waals surface area contributed by atoms with Crippen LogP contribution < -0.4 is 10.6 Å². The van der Waals surface area contributed by atoms with Gasteiger partial charge < -0.3 is 15.7 Å². The topological polar surface area (TPSA) is 91.3 Å². The van der Waals surface area contributed by atoms with Crippen molar-refractivity contribution in [1.29, 1.82) is 0 Å². The highest BCUT2D eigenvalue weighted by Gasteiger charge is 2.20. The second kappa shape index (κ2) is 8.40. The summed E-state index contributed by atoms with van der Waals surface area (Å²) in [4.78, 5) is 28.5. The van der Waals surface area contributed by atoms with E-state index in [2.05, 4.69) is 15.6 Å². The number of aromatic nitrogens is 1. The number of aliphatic hydroxyl groups excluding tert-OH is 1. The third-order valence-electron chi connectivity index (χ3n) is 3.19. The fourth-order valence-electron chi connectivity index (χ4n) is 1.92. The van der Waals surface area contributed by atoms with Crippen LogP contribution in [0.15, 0.2) is 35.7 Å². The van der Waals surface area contributed by atoms with Gasteiger partial charge in [0, 0.05) is 10.9 Å². The lowest BCUT2D eigenvalue weighted by molar-refractivity contribution is -0.124. The highest BCUT2D eigenvalue weighted by atomic mass is 32.1. The molecule has 2 amide bonds. The first kappa shape index (κ1) is 17.1. The summed E-state index contributed by atoms with van der Waals surface area (Å²) in [7, 11) is 0. The van der Waals surface area contributed by atoms with Crippen molar-refractivity contribution in [3.05, 3.63) is 52.0 Å². The monoisotopic (exact) mass is 333 g/mol. The minimum Gasteiger partial charge on any atom is -0.394 e. The van der Waals surface area contributed by atoms with Crippen LogP contribution in [0, 0.1) is 0 Å². The first-order valence-electron chi connectivity index (χ1n) is 7.31. The summed E-state index contributed by atoms with van der Waals surface area (Å²) in [5.74, 6) is -0.843. The van der Waals surface area contributed by atoms with E-state index in [0.29, 0.717) is 5.56 Å². The molecule has 1 unspecified atom stereocenters. The first-order valence-corrected chi connectivity index (χ1v) is 8.19. The summed E-state index contributed by atoms with van der Waals surface area (Å²) in [5, 5.41) is 17.4. The number of rotatable bonds is 7. The van der Waals surface area contributed by atoms with Gasteiger partial charge in [-0.05, 0) is 18.6 Å². The average Bonchev–Trinajstić information content (AvgIpc) is 3.06. The molecule has 1 aromatic carbocycles. The summed E-state index contributed by atoms with van der Waals surface area (Å²) in [6, 6.07) is 7.55. The molecule has 0 saturated carbocycles. The number of nitrogens with zero attached hydrogens (tertiary/aromatic N) is 1. The van der Waals surface area contributed by atoms with Crippen molar-refractivity contribution >= 4 is 23.2 Å². The number of thiazole rings is 1. The van der Waals surface area contributed by atoms with Crippen LogP contribution in [0.25, 0.3) is 0 Å². The van der Waals surface area contributed by atoms with Crippen LogP contribution in [-0.4, -0.2) is 34.6 Å². The van der Waals surface area contributed by atoms with Crippen LogP contribution in [0.1, 0.15) is 28.0 Å². The molecule has 0 aliphatic heterocycles. The van der Waals surface area contributed by atoms with Gasteiger partial charge in [-0.1, -0.05) is 25.1 Å². The lowest BCUT2D eigenvalue weighted by Gasteiger charge is -2.15. The lowest BCUT2D eigenvalue weighted by Crippen LogP contribution is -2.48. The lowest BCUT2D eigenvalue weighted by atomic mass is 10.2. The molecule has 1 aromatic heterocycles. The number of amides is 2. The van der Waals surface area contributed by atoms with E-state index in [4.69, 9.17) is 0 Å². The molecule has 0 radical (unpaired) electrons. The molecule has 0 spiro atoms. The van der Waals surface area contributed by atoms with Gasteiger partial charge in [0.1, 0.15) is 6.04 Å². The Morgan fingerprint density at radius 1 is 1.30 bits per heavy atom. The number of nitrogens with one attached hydrogen (secondary N) is 2. The van der Waals surface area contributed by atoms with Gasteiger partial charge in [0.25, 0.3) is 5.91 Å². The summed E-state index contributed by atoms with van der Waals surface area (Å²) >= 11 is 1.54. The SMILES string of the molecule is CCc1nc(CNC(=O)C(CO)NC(=O)c2ccccc2)cs1. The molecule has 2 aromatic rings. The zero-order valence-corrected chi connectivity index (χ0v) is 13.6. The maximum Gasteiger partial charge on any atom is 0.251 e. The summed E-state index contributed by atoms with van der Waals surface area (Å²) in [6.07, 6.45) is 0.852. The minimum atomic E-state index is -0.994. The maximum atomic E-state index is 12.1. The molecule has 2 rings (SSSR count). The van der Waals surface area contributed by atoms with Gasteiger partial charge in [0.05, 0.1) is 23.9 Å². The quantitative estimate of drug-likeness (QED) is 0.708. The Labute approximate surface area is 138 Å². The fraction of sp³-hybridized carbons (Fsp3) is 0.312. The fourth-order valence-corrected chi connectivity index (χ4v) is 2.66. The van der Waals surface area contributed by atoms with E-state index in [9.17, 15) is 14.7 Å². The van der Waals surface area contributed by atoms with Gasteiger partial charge in [-0.25, -0.2) is 4.98 Å². The van der Waals surface area contributed by atoms with E-state index in [1.54, 1.807) is 41.7 Å². The van der Waals surface area contributed by atoms with Crippen LogP contribution in [0.3, 0.4) is 0 Å². The van der Waals surface area contributed by atoms with Gasteiger partial charge in [-0.2, -0.15) is 0 Å². The molecule has 0 aliphatic rings. The molecule has 0 aliphatic carbocycles. The largest absolute Gasteiger partial charge is 0.394 e. The number of hydrogen-bond acceptors (Lipinski definition) is 5. The van der Waals surface area contributed by atoms with Crippen molar-refractivity contribution in [2.45, 2.75) is 25.9 Å². The third-order valence-corrected chi connectivity index (χ3v) is 4.23. The van der Waals surface area contributed by atoms with E-state index in [0.717, 1.165) is 17.1 Å². The number of hydrogen-bond donors (Lipinski definition) is 3. The zero-order chi connectivity index (χ0) is 16.7. The van der Waals surface area contributed by atoms with Crippen molar-refractivity contribution < 1.29 is 14.7 Å². The predicted molar refractivity (Wildman–Crippen MR) is 88.1 cm³/mol. The van der Waals surface area contributed by atoms with E-state index >= 15 is 0 Å². The Morgan fingerprint density at radius 2 is 2.04 bits per heavy atom. The Kier molecular flexibility index (Phi) is 6.25. The predicted octanol–water partition coefficient (Wildman–Crippen LogP) is 1.11. The van der Waals surface area contributed by atoms with Crippen molar-refractivity contribution in [3.63, 3.8) is 0 Å². The van der Waals surface area contributed by atoms with Crippen LogP contribution in [0.4, 0.5) is 0 Å². The van der Waals surface area contributed by atoms with E-state index in [1.807, 2.05) is 12.3 Å². The van der Waals surface area contributed by atoms with Crippen LogP contribution in [0.5, 0.6) is 0 Å². The molecule has 0 fully saturated rings. The highest BCUT2D eigenvalue weighted by molar-refractivity contribution is 7.09. The summed E-state index contributed by atoms with van der Waals surface area (Å²) in [6.45, 7) is 1.82. The van der Waals surface area contributed by atoms with Crippen molar-refractivity contribution in [3.8, 4) is 0 Å². The van der Waals surface area contributed by atoms with E-state index in [1.165, 1.54) is 0 Å². The second-order valence-electron chi connectivity index (χ2n) is 4.88. The third kappa shape index (κ3) is 4.87. The summed E-state index contributed by atoms with van der Waals surface area (Å²) < 4.78 is 0. The molecule has 0 saturated heterocycles. The minimum absolute atomic E-state index is 0.271. The van der Waals surface area contributed by atoms with Crippen molar-refractivity contribution in [2.24, 2.45) is 0 Å². The number of aliphatic hydroxyl groups is 1. The van der Waals surface area contributed by atoms with Crippen LogP contribution in [0.2, 0.25) is 0 Å². The second-order valence-corrected chi connectivity index (χ2v) is 5.82. The van der Waals surface area contributed by atoms with Gasteiger partial charge in [0.15, 0.2) is 0 Å². The number of carbonyl (C=O) groups is 2. The summed E-state index contributed by atoms with van der Waals surface area (Å²) in [5.41, 5.74) is 1.21. The maximum absolute atomic E-state index is 12.1. The first-order chi connectivity index (χ1) is 11.1. The molecule has 7 heteroatoms. The molecule has 0 bridgehead atoms. The normalized spacial score (nSPS) is 11.7. The molecule has 3 N–H and O–H groups in total. The van der Waals surface area contributed by atoms with Gasteiger partial charge in [-0.15, -0.1) is 11.3 Å². The van der Waals surface area contributed by atoms with Crippen molar-refractivity contribution in [1.82, 2.24) is 15.6 Å². The molecule has 1 heterocycles. The number of benzene rings is 1. The van der Waals surface area contributed by atoms with Gasteiger partial charge >= 0.3 is 0 Å². The van der Waals surface area contributed by atoms with Crippen LogP contribution >= 0.6 is 11.3 Å². The number of carbonyl (C=O) groups excluding carboxylic acids is 2. The Balaban J connectivity index is 1.89. The van der Waals surface area contributed by atoms with E-state index < -0.39 is 24.5 Å². The average molecular weight is 333 g/mol. The molecule has 23 heavy (non-hydrogen) atoms. The highest BCUT2D eigenvalue weighted by Crippen LogP contribution is 2.09. The molecular weight excluding hydrogens is 314 g/mol. The smallest absolute Gasteiger partial charge is 0.251 e. The Bertz CT molecular complexity index is 658. The molecular formula is C16H19N3O3S. The van der Waals surface area contributed by atoms with Crippen LogP contribution in [-0.2, 0) is 17.8 Å². The van der Waals surface area contributed by atoms with E-state index in [-0.39, 0.29) is 6.54 Å². The Hall–Kier alpha value is -2.25. The number of aryl methyl sites for hydroxylation is 1. The van der Waals surface area contributed by atoms with Crippen molar-refractivity contribution in [2.75, 3.05) is 6.61 Å². The van der Waals surface area contributed by atoms with Gasteiger partial charge in [0.2, 0.25) is 5.91 Å². The Morgan fingerprint density at radius 3 is 2.65 bits per heavy atom. The molecule has 122 valence electrons. The molecule has 1 atom stereocenters. The molecule has 6 nitrogen and oxygen atoms in total. The zero-order valence-electron chi connectivity index (χ0n) is 12.8. The standard InChI is InChI=1S/C16H19N3O3S/c1-2-14-18-12(10-23-14)8-17-16(22)13(9-20)19-15(21)11-6-4-3-5-7-11/h3-7,10,13,20H,2,8-9H2,1H3,(H,17,22)(H,19,21). The van der Waals surface area contributed by atoms with Gasteiger partial charge in [-0.3, -0.25) is 9.59 Å².